The van der Waals surface area contributed by atoms with E-state index >= 15 is 0 Å². The number of hydrogen-bond donors (Lipinski definition) is 1. The van der Waals surface area contributed by atoms with Crippen LogP contribution in [0, 0.1) is 5.82 Å². The summed E-state index contributed by atoms with van der Waals surface area (Å²) < 4.78 is 11.9. The van der Waals surface area contributed by atoms with Crippen molar-refractivity contribution in [1.82, 2.24) is 4.98 Å². The molecule has 1 aromatic heterocycles. The molecule has 0 aliphatic carbocycles. The first-order chi connectivity index (χ1) is 4.81. The monoisotopic (exact) mass is 143 g/mol. The van der Waals surface area contributed by atoms with Crippen LogP contribution in [-0.2, 0) is 4.79 Å². The van der Waals surface area contributed by atoms with Gasteiger partial charge in [-0.05, 0) is 12.1 Å². The molecule has 0 aliphatic rings. The van der Waals surface area contributed by atoms with Gasteiger partial charge in [-0.1, -0.05) is 0 Å². The van der Waals surface area contributed by atoms with Crippen LogP contribution in [0.15, 0.2) is 24.5 Å². The van der Waals surface area contributed by atoms with Gasteiger partial charge in [-0.25, -0.2) is 4.39 Å². The van der Waals surface area contributed by atoms with Gasteiger partial charge in [0.05, 0.1) is 0 Å². The van der Waals surface area contributed by atoms with Gasteiger partial charge in [0.15, 0.2) is 0 Å². The zero-order valence-corrected chi connectivity index (χ0v) is 5.07. The Bertz CT molecular complexity index is 178. The molecule has 0 radical (unpaired) electrons. The number of carboxylic acid groups (broad SMARTS) is 1. The lowest BCUT2D eigenvalue weighted by molar-refractivity contribution is -0.122. The van der Waals surface area contributed by atoms with E-state index in [0.29, 0.717) is 0 Å². The summed E-state index contributed by atoms with van der Waals surface area (Å²) in [5, 5.41) is 6.89. The fraction of sp³-hybridized carbons (Fsp3) is 0. The molecule has 0 saturated heterocycles. The number of carbonyl (C=O) groups is 1. The molecule has 1 aromatic rings. The molecule has 0 atom stereocenters. The number of aromatic nitrogens is 1. The molecule has 0 spiro atoms. The van der Waals surface area contributed by atoms with Gasteiger partial charge in [0.1, 0.15) is 5.82 Å². The summed E-state index contributed by atoms with van der Waals surface area (Å²) in [4.78, 5) is 12.0. The van der Waals surface area contributed by atoms with E-state index < -0.39 is 0 Å². The number of pyridine rings is 1. The van der Waals surface area contributed by atoms with E-state index in [0.717, 1.165) is 0 Å². The topological polar surface area (TPSA) is 50.2 Å². The van der Waals surface area contributed by atoms with Crippen LogP contribution in [0.25, 0.3) is 0 Å². The minimum absolute atomic E-state index is 0.241. The molecule has 0 saturated carbocycles. The lowest BCUT2D eigenvalue weighted by Gasteiger charge is -1.78. The van der Waals surface area contributed by atoms with Crippen molar-refractivity contribution in [3.05, 3.63) is 30.3 Å². The van der Waals surface area contributed by atoms with Gasteiger partial charge in [-0.15, -0.1) is 0 Å². The fourth-order valence-corrected chi connectivity index (χ4v) is 0.334. The van der Waals surface area contributed by atoms with E-state index in [1.807, 2.05) is 0 Å². The van der Waals surface area contributed by atoms with Crippen molar-refractivity contribution >= 4 is 6.47 Å². The molecule has 10 heavy (non-hydrogen) atoms. The molecule has 1 rings (SSSR count). The predicted octanol–water partition coefficient (Wildman–Crippen LogP) is 0.921. The van der Waals surface area contributed by atoms with Gasteiger partial charge in [0.25, 0.3) is 6.47 Å². The van der Waals surface area contributed by atoms with Crippen LogP contribution in [0.4, 0.5) is 4.39 Å². The van der Waals surface area contributed by atoms with Crippen LogP contribution >= 0.6 is 0 Å². The first-order valence-electron chi connectivity index (χ1n) is 2.44. The normalized spacial score (nSPS) is 7.30. The third-order valence-electron chi connectivity index (χ3n) is 0.640. The van der Waals surface area contributed by atoms with Gasteiger partial charge in [-0.2, -0.15) is 0 Å². The minimum atomic E-state index is -0.250. The average molecular weight is 143 g/mol. The second-order valence-electron chi connectivity index (χ2n) is 1.27. The Morgan fingerprint density at radius 2 is 1.90 bits per heavy atom. The molecule has 0 aromatic carbocycles. The first-order valence-corrected chi connectivity index (χ1v) is 2.44. The third kappa shape index (κ3) is 4.70. The van der Waals surface area contributed by atoms with E-state index in [1.165, 1.54) is 24.5 Å². The summed E-state index contributed by atoms with van der Waals surface area (Å²) in [6, 6.07) is 2.61. The average Bonchev–Trinajstić information content (AvgIpc) is 1.91. The summed E-state index contributed by atoms with van der Waals surface area (Å²) in [5.74, 6) is -0.241. The molecule has 0 aliphatic heterocycles. The Morgan fingerprint density at radius 3 is 2.10 bits per heavy atom. The van der Waals surface area contributed by atoms with Crippen molar-refractivity contribution in [3.8, 4) is 0 Å². The molecule has 54 valence electrons. The van der Waals surface area contributed by atoms with Crippen LogP contribution in [0.1, 0.15) is 0 Å². The Hall–Kier alpha value is -1.45. The number of rotatable bonds is 0. The standard InChI is InChI=1S/C5H4FN.CH2O2/c6-5-1-3-7-4-2-5;2-1-3/h1-4H;1H,(H,2,3). The van der Waals surface area contributed by atoms with Crippen LogP contribution in [0.3, 0.4) is 0 Å². The molecule has 1 N–H and O–H groups in total. The van der Waals surface area contributed by atoms with Crippen molar-refractivity contribution in [1.29, 1.82) is 0 Å². The Kier molecular flexibility index (Phi) is 4.86. The second-order valence-corrected chi connectivity index (χ2v) is 1.27. The van der Waals surface area contributed by atoms with Crippen molar-refractivity contribution in [3.63, 3.8) is 0 Å². The largest absolute Gasteiger partial charge is 0.483 e. The number of nitrogens with zero attached hydrogens (tertiary/aromatic N) is 1. The molecular weight excluding hydrogens is 137 g/mol. The van der Waals surface area contributed by atoms with E-state index in [2.05, 4.69) is 4.98 Å². The summed E-state index contributed by atoms with van der Waals surface area (Å²) in [6.45, 7) is -0.250. The fourth-order valence-electron chi connectivity index (χ4n) is 0.334. The molecule has 0 fully saturated rings. The van der Waals surface area contributed by atoms with Gasteiger partial charge in [0.2, 0.25) is 0 Å². The molecule has 4 heteroatoms. The maximum Gasteiger partial charge on any atom is 0.290 e. The molecule has 1 heterocycles. The molecule has 0 bridgehead atoms. The van der Waals surface area contributed by atoms with Gasteiger partial charge in [-0.3, -0.25) is 9.78 Å². The minimum Gasteiger partial charge on any atom is -0.483 e. The van der Waals surface area contributed by atoms with Gasteiger partial charge < -0.3 is 5.11 Å². The highest BCUT2D eigenvalue weighted by Crippen LogP contribution is 1.88. The van der Waals surface area contributed by atoms with Crippen LogP contribution in [-0.4, -0.2) is 16.6 Å². The Labute approximate surface area is 57.1 Å². The third-order valence-corrected chi connectivity index (χ3v) is 0.640. The van der Waals surface area contributed by atoms with Crippen molar-refractivity contribution in [2.24, 2.45) is 0 Å². The zero-order chi connectivity index (χ0) is 7.82. The van der Waals surface area contributed by atoms with Crippen molar-refractivity contribution in [2.45, 2.75) is 0 Å². The van der Waals surface area contributed by atoms with Crippen LogP contribution in [0.2, 0.25) is 0 Å². The molecule has 0 unspecified atom stereocenters. The predicted molar refractivity (Wildman–Crippen MR) is 32.9 cm³/mol. The first kappa shape index (κ1) is 8.55. The van der Waals surface area contributed by atoms with Crippen LogP contribution < -0.4 is 0 Å². The van der Waals surface area contributed by atoms with Crippen molar-refractivity contribution < 1.29 is 14.3 Å². The summed E-state index contributed by atoms with van der Waals surface area (Å²) >= 11 is 0. The van der Waals surface area contributed by atoms with Gasteiger partial charge >= 0.3 is 0 Å². The van der Waals surface area contributed by atoms with Gasteiger partial charge in [0, 0.05) is 12.4 Å². The molecule has 3 nitrogen and oxygen atoms in total. The summed E-state index contributed by atoms with van der Waals surface area (Å²) in [6.07, 6.45) is 2.82. The lowest BCUT2D eigenvalue weighted by atomic mass is 10.5. The van der Waals surface area contributed by atoms with E-state index in [1.54, 1.807) is 0 Å². The Morgan fingerprint density at radius 1 is 1.50 bits per heavy atom. The number of hydrogen-bond acceptors (Lipinski definition) is 2. The van der Waals surface area contributed by atoms with Crippen LogP contribution in [0.5, 0.6) is 0 Å². The zero-order valence-electron chi connectivity index (χ0n) is 5.07. The maximum atomic E-state index is 11.9. The highest BCUT2D eigenvalue weighted by Gasteiger charge is 1.78. The molecule has 0 amide bonds. The summed E-state index contributed by atoms with van der Waals surface area (Å²) in [5.41, 5.74) is 0. The van der Waals surface area contributed by atoms with E-state index in [9.17, 15) is 4.39 Å². The quantitative estimate of drug-likeness (QED) is 0.549. The van der Waals surface area contributed by atoms with E-state index in [4.69, 9.17) is 9.90 Å². The number of halogens is 1. The lowest BCUT2D eigenvalue weighted by Crippen LogP contribution is -1.69. The second kappa shape index (κ2) is 5.68. The molecular formula is C6H6FNO2. The van der Waals surface area contributed by atoms with E-state index in [-0.39, 0.29) is 12.3 Å². The SMILES string of the molecule is Fc1ccncc1.O=CO. The highest BCUT2D eigenvalue weighted by molar-refractivity contribution is 5.32. The highest BCUT2D eigenvalue weighted by atomic mass is 19.1. The maximum absolute atomic E-state index is 11.9. The smallest absolute Gasteiger partial charge is 0.290 e. The summed E-state index contributed by atoms with van der Waals surface area (Å²) in [7, 11) is 0. The Balaban J connectivity index is 0.000000236. The van der Waals surface area contributed by atoms with Crippen molar-refractivity contribution in [2.75, 3.05) is 0 Å².